The number of ether oxygens (including phenoxy) is 1. The summed E-state index contributed by atoms with van der Waals surface area (Å²) in [7, 11) is 0. The Hall–Kier alpha value is -1.06. The van der Waals surface area contributed by atoms with Crippen LogP contribution in [0.4, 0.5) is 0 Å². The van der Waals surface area contributed by atoms with E-state index in [9.17, 15) is 0 Å². The highest BCUT2D eigenvalue weighted by Crippen LogP contribution is 2.17. The molecule has 0 amide bonds. The van der Waals surface area contributed by atoms with Gasteiger partial charge >= 0.3 is 0 Å². The van der Waals surface area contributed by atoms with Gasteiger partial charge in [0.15, 0.2) is 0 Å². The highest BCUT2D eigenvalue weighted by atomic mass is 16.5. The topological polar surface area (TPSA) is 47.3 Å². The Bertz CT molecular complexity index is 350. The molecular formula is C15H24N2O. The molecule has 0 heterocycles. The minimum atomic E-state index is 0.352. The largest absolute Gasteiger partial charge is 0.494 e. The smallest absolute Gasteiger partial charge is 0.119 e. The third-order valence-electron chi connectivity index (χ3n) is 3.62. The van der Waals surface area contributed by atoms with Gasteiger partial charge in [0.25, 0.3) is 0 Å². The van der Waals surface area contributed by atoms with Gasteiger partial charge in [-0.15, -0.1) is 0 Å². The number of nitrogens with two attached hydrogens (primary N) is 1. The molecule has 1 aliphatic rings. The lowest BCUT2D eigenvalue weighted by Crippen LogP contribution is -2.41. The molecule has 0 aliphatic heterocycles. The fourth-order valence-corrected chi connectivity index (χ4v) is 2.56. The molecule has 1 fully saturated rings. The Balaban J connectivity index is 1.72. The summed E-state index contributed by atoms with van der Waals surface area (Å²) in [6.07, 6.45) is 4.71. The van der Waals surface area contributed by atoms with E-state index in [1.165, 1.54) is 24.8 Å². The van der Waals surface area contributed by atoms with Crippen LogP contribution in [0.2, 0.25) is 0 Å². The summed E-state index contributed by atoms with van der Waals surface area (Å²) in [4.78, 5) is 0. The zero-order valence-electron chi connectivity index (χ0n) is 11.2. The fraction of sp³-hybridized carbons (Fsp3) is 0.600. The van der Waals surface area contributed by atoms with Crippen molar-refractivity contribution in [2.24, 2.45) is 5.73 Å². The van der Waals surface area contributed by atoms with Crippen molar-refractivity contribution in [1.82, 2.24) is 5.32 Å². The van der Waals surface area contributed by atoms with Crippen molar-refractivity contribution >= 4 is 0 Å². The normalized spacial score (nSPS) is 23.2. The van der Waals surface area contributed by atoms with Crippen molar-refractivity contribution in [2.75, 3.05) is 13.2 Å². The molecule has 1 aromatic rings. The monoisotopic (exact) mass is 248 g/mol. The van der Waals surface area contributed by atoms with E-state index < -0.39 is 0 Å². The third-order valence-corrected chi connectivity index (χ3v) is 3.62. The maximum atomic E-state index is 6.03. The zero-order valence-corrected chi connectivity index (χ0v) is 11.2. The summed E-state index contributed by atoms with van der Waals surface area (Å²) in [6.45, 7) is 3.73. The molecule has 1 aliphatic carbocycles. The van der Waals surface area contributed by atoms with Gasteiger partial charge in [-0.1, -0.05) is 18.6 Å². The Morgan fingerprint density at radius 2 is 2.06 bits per heavy atom. The van der Waals surface area contributed by atoms with Crippen LogP contribution in [0.5, 0.6) is 5.75 Å². The highest BCUT2D eigenvalue weighted by molar-refractivity contribution is 5.27. The van der Waals surface area contributed by atoms with Crippen molar-refractivity contribution in [2.45, 2.75) is 44.7 Å². The minimum Gasteiger partial charge on any atom is -0.494 e. The molecule has 2 atom stereocenters. The Morgan fingerprint density at radius 3 is 2.67 bits per heavy atom. The molecule has 1 aromatic carbocycles. The number of rotatable bonds is 6. The van der Waals surface area contributed by atoms with Gasteiger partial charge < -0.3 is 15.8 Å². The van der Waals surface area contributed by atoms with Gasteiger partial charge in [0.2, 0.25) is 0 Å². The van der Waals surface area contributed by atoms with Crippen LogP contribution in [0.1, 0.15) is 31.7 Å². The van der Waals surface area contributed by atoms with Crippen LogP contribution in [-0.2, 0) is 6.42 Å². The van der Waals surface area contributed by atoms with Crippen LogP contribution in [0.15, 0.2) is 24.3 Å². The molecule has 3 N–H and O–H groups in total. The van der Waals surface area contributed by atoms with Gasteiger partial charge in [0.05, 0.1) is 6.61 Å². The maximum absolute atomic E-state index is 6.03. The summed E-state index contributed by atoms with van der Waals surface area (Å²) in [5.74, 6) is 0.951. The molecule has 1 saturated carbocycles. The lowest BCUT2D eigenvalue weighted by molar-refractivity contribution is 0.340. The van der Waals surface area contributed by atoms with Crippen LogP contribution in [0, 0.1) is 0 Å². The van der Waals surface area contributed by atoms with Gasteiger partial charge in [0.1, 0.15) is 5.75 Å². The third kappa shape index (κ3) is 3.72. The number of hydrogen-bond acceptors (Lipinski definition) is 3. The first-order chi connectivity index (χ1) is 8.79. The number of nitrogens with one attached hydrogen (secondary N) is 1. The van der Waals surface area contributed by atoms with E-state index in [-0.39, 0.29) is 0 Å². The van der Waals surface area contributed by atoms with Crippen LogP contribution in [0.25, 0.3) is 0 Å². The van der Waals surface area contributed by atoms with Gasteiger partial charge in [-0.3, -0.25) is 0 Å². The Kier molecular flexibility index (Phi) is 5.02. The number of benzene rings is 1. The molecule has 3 nitrogen and oxygen atoms in total. The molecule has 2 rings (SSSR count). The van der Waals surface area contributed by atoms with Crippen molar-refractivity contribution in [3.63, 3.8) is 0 Å². The zero-order chi connectivity index (χ0) is 12.8. The summed E-state index contributed by atoms with van der Waals surface area (Å²) in [5.41, 5.74) is 7.38. The van der Waals surface area contributed by atoms with Gasteiger partial charge in [-0.25, -0.2) is 0 Å². The second-order valence-corrected chi connectivity index (χ2v) is 4.98. The highest BCUT2D eigenvalue weighted by Gasteiger charge is 2.22. The molecular weight excluding hydrogens is 224 g/mol. The van der Waals surface area contributed by atoms with Crippen LogP contribution < -0.4 is 15.8 Å². The summed E-state index contributed by atoms with van der Waals surface area (Å²) in [6, 6.07) is 9.24. The van der Waals surface area contributed by atoms with Gasteiger partial charge in [-0.05, 0) is 50.4 Å². The molecule has 18 heavy (non-hydrogen) atoms. The minimum absolute atomic E-state index is 0.352. The Labute approximate surface area is 110 Å². The average Bonchev–Trinajstić information content (AvgIpc) is 2.78. The number of hydrogen-bond donors (Lipinski definition) is 2. The molecule has 2 unspecified atom stereocenters. The van der Waals surface area contributed by atoms with Crippen molar-refractivity contribution in [3.05, 3.63) is 29.8 Å². The van der Waals surface area contributed by atoms with Gasteiger partial charge in [-0.2, -0.15) is 0 Å². The first-order valence-corrected chi connectivity index (χ1v) is 7.00. The fourth-order valence-electron chi connectivity index (χ4n) is 2.56. The van der Waals surface area contributed by atoms with Crippen LogP contribution >= 0.6 is 0 Å². The lowest BCUT2D eigenvalue weighted by atomic mass is 10.1. The molecule has 0 spiro atoms. The second-order valence-electron chi connectivity index (χ2n) is 4.98. The summed E-state index contributed by atoms with van der Waals surface area (Å²) < 4.78 is 5.43. The lowest BCUT2D eigenvalue weighted by Gasteiger charge is -2.17. The molecule has 3 heteroatoms. The predicted octanol–water partition coefficient (Wildman–Crippen LogP) is 2.10. The van der Waals surface area contributed by atoms with Crippen molar-refractivity contribution in [1.29, 1.82) is 0 Å². The van der Waals surface area contributed by atoms with Gasteiger partial charge in [0, 0.05) is 12.1 Å². The quantitative estimate of drug-likeness (QED) is 0.810. The van der Waals surface area contributed by atoms with E-state index in [1.54, 1.807) is 0 Å². The van der Waals surface area contributed by atoms with E-state index >= 15 is 0 Å². The average molecular weight is 248 g/mol. The second kappa shape index (κ2) is 6.76. The van der Waals surface area contributed by atoms with E-state index in [4.69, 9.17) is 10.5 Å². The predicted molar refractivity (Wildman–Crippen MR) is 74.9 cm³/mol. The summed E-state index contributed by atoms with van der Waals surface area (Å²) in [5, 5.41) is 3.56. The van der Waals surface area contributed by atoms with Crippen LogP contribution in [0.3, 0.4) is 0 Å². The Morgan fingerprint density at radius 1 is 1.28 bits per heavy atom. The standard InChI is InChI=1S/C15H24N2O/c1-2-18-13-8-6-12(7-9-13)10-11-17-15-5-3-4-14(15)16/h6-9,14-15,17H,2-5,10-11,16H2,1H3. The molecule has 0 saturated heterocycles. The first-order valence-electron chi connectivity index (χ1n) is 7.00. The molecule has 0 aromatic heterocycles. The van der Waals surface area contributed by atoms with E-state index in [1.807, 2.05) is 19.1 Å². The summed E-state index contributed by atoms with van der Waals surface area (Å²) >= 11 is 0. The van der Waals surface area contributed by atoms with E-state index in [0.717, 1.165) is 25.3 Å². The van der Waals surface area contributed by atoms with E-state index in [2.05, 4.69) is 17.4 Å². The molecule has 0 radical (unpaired) electrons. The van der Waals surface area contributed by atoms with Crippen molar-refractivity contribution < 1.29 is 4.74 Å². The molecule has 100 valence electrons. The van der Waals surface area contributed by atoms with E-state index in [0.29, 0.717) is 12.1 Å². The van der Waals surface area contributed by atoms with Crippen LogP contribution in [-0.4, -0.2) is 25.2 Å². The SMILES string of the molecule is CCOc1ccc(CCNC2CCCC2N)cc1. The first kappa shape index (κ1) is 13.4. The van der Waals surface area contributed by atoms with Crippen molar-refractivity contribution in [3.8, 4) is 5.75 Å². The molecule has 0 bridgehead atoms. The maximum Gasteiger partial charge on any atom is 0.119 e.